The quantitative estimate of drug-likeness (QED) is 0.870. The van der Waals surface area contributed by atoms with E-state index in [0.717, 1.165) is 12.1 Å². The fraction of sp³-hybridized carbons (Fsp3) is 0.538. The van der Waals surface area contributed by atoms with Crippen molar-refractivity contribution in [1.82, 2.24) is 0 Å². The summed E-state index contributed by atoms with van der Waals surface area (Å²) in [4.78, 5) is -0.931. The van der Waals surface area contributed by atoms with Gasteiger partial charge in [-0.3, -0.25) is 0 Å². The Hall–Kier alpha value is -1.21. The highest BCUT2D eigenvalue weighted by atomic mass is 32.2. The Bertz CT molecular complexity index is 605. The third kappa shape index (κ3) is 3.09. The molecule has 1 saturated heterocycles. The minimum atomic E-state index is -4.10. The number of hydrogen-bond acceptors (Lipinski definition) is 4. The lowest BCUT2D eigenvalue weighted by atomic mass is 10.1. The molecule has 1 aromatic rings. The summed E-state index contributed by atoms with van der Waals surface area (Å²) in [6.45, 7) is 3.70. The van der Waals surface area contributed by atoms with Crippen molar-refractivity contribution in [3.8, 4) is 0 Å². The van der Waals surface area contributed by atoms with Crippen molar-refractivity contribution in [1.29, 1.82) is 0 Å². The third-order valence-corrected chi connectivity index (χ3v) is 5.11. The van der Waals surface area contributed by atoms with Crippen LogP contribution < -0.4 is 5.73 Å². The minimum absolute atomic E-state index is 0.155. The molecule has 1 heterocycles. The van der Waals surface area contributed by atoms with Crippen LogP contribution in [0, 0.1) is 11.6 Å². The zero-order valence-electron chi connectivity index (χ0n) is 11.3. The number of anilines is 1. The van der Waals surface area contributed by atoms with Crippen LogP contribution in [0.15, 0.2) is 17.0 Å². The highest BCUT2D eigenvalue weighted by Gasteiger charge is 2.36. The van der Waals surface area contributed by atoms with E-state index in [4.69, 9.17) is 10.5 Å². The molecule has 0 aromatic heterocycles. The van der Waals surface area contributed by atoms with Crippen LogP contribution in [0.5, 0.6) is 0 Å². The van der Waals surface area contributed by atoms with Crippen molar-refractivity contribution >= 4 is 15.5 Å². The number of hydrogen-bond donors (Lipinski definition) is 1. The van der Waals surface area contributed by atoms with Crippen LogP contribution >= 0.6 is 0 Å². The number of ether oxygens (including phenoxy) is 1. The van der Waals surface area contributed by atoms with Gasteiger partial charge in [0.05, 0.1) is 17.5 Å². The lowest BCUT2D eigenvalue weighted by Crippen LogP contribution is -2.26. The molecular weight excluding hydrogens is 288 g/mol. The van der Waals surface area contributed by atoms with Crippen molar-refractivity contribution < 1.29 is 21.9 Å². The van der Waals surface area contributed by atoms with E-state index in [-0.39, 0.29) is 5.69 Å². The summed E-state index contributed by atoms with van der Waals surface area (Å²) in [5.41, 5.74) is 4.71. The first-order chi connectivity index (χ1) is 9.11. The summed E-state index contributed by atoms with van der Waals surface area (Å²) in [6, 6.07) is 1.60. The Balaban J connectivity index is 2.28. The van der Waals surface area contributed by atoms with Crippen molar-refractivity contribution in [2.24, 2.45) is 0 Å². The van der Waals surface area contributed by atoms with Gasteiger partial charge in [-0.05, 0) is 38.8 Å². The summed E-state index contributed by atoms with van der Waals surface area (Å²) in [7, 11) is -4.10. The predicted molar refractivity (Wildman–Crippen MR) is 71.0 cm³/mol. The molecule has 1 aliphatic rings. The van der Waals surface area contributed by atoms with Crippen LogP contribution in [0.25, 0.3) is 0 Å². The fourth-order valence-corrected chi connectivity index (χ4v) is 4.00. The number of benzene rings is 1. The molecule has 0 spiro atoms. The highest BCUT2D eigenvalue weighted by Crippen LogP contribution is 2.32. The van der Waals surface area contributed by atoms with Crippen molar-refractivity contribution in [3.63, 3.8) is 0 Å². The summed E-state index contributed by atoms with van der Waals surface area (Å²) < 4.78 is 57.2. The van der Waals surface area contributed by atoms with Crippen molar-refractivity contribution in [3.05, 3.63) is 23.8 Å². The lowest BCUT2D eigenvalue weighted by Gasteiger charge is -2.19. The molecule has 0 aliphatic carbocycles. The van der Waals surface area contributed by atoms with Crippen molar-refractivity contribution in [2.45, 2.75) is 43.3 Å². The number of nitrogens with two attached hydrogens (primary N) is 1. The van der Waals surface area contributed by atoms with Gasteiger partial charge >= 0.3 is 0 Å². The van der Waals surface area contributed by atoms with Crippen LogP contribution in [0.2, 0.25) is 0 Å². The summed E-state index contributed by atoms with van der Waals surface area (Å²) in [6.07, 6.45) is 0.705. The van der Waals surface area contributed by atoms with Gasteiger partial charge in [0, 0.05) is 5.69 Å². The van der Waals surface area contributed by atoms with Crippen LogP contribution in [-0.2, 0) is 14.6 Å². The Labute approximate surface area is 116 Å². The standard InChI is InChI=1S/C13H17F2NO3S/c1-13(2)4-3-9(19-13)7-20(17,18)12-10(14)5-8(16)6-11(12)15/h5-6,9H,3-4,7,16H2,1-2H3. The minimum Gasteiger partial charge on any atom is -0.399 e. The predicted octanol–water partition coefficient (Wildman–Crippen LogP) is 2.28. The van der Waals surface area contributed by atoms with Crippen LogP contribution in [0.4, 0.5) is 14.5 Å². The first-order valence-corrected chi connectivity index (χ1v) is 7.91. The summed E-state index contributed by atoms with van der Waals surface area (Å²) in [5.74, 6) is -2.77. The fourth-order valence-electron chi connectivity index (χ4n) is 2.40. The van der Waals surface area contributed by atoms with Crippen LogP contribution in [0.3, 0.4) is 0 Å². The molecule has 1 aliphatic heterocycles. The van der Waals surface area contributed by atoms with Crippen LogP contribution in [0.1, 0.15) is 26.7 Å². The maximum absolute atomic E-state index is 13.7. The molecule has 0 saturated carbocycles. The molecule has 1 unspecified atom stereocenters. The normalized spacial score (nSPS) is 22.1. The molecule has 7 heteroatoms. The molecule has 20 heavy (non-hydrogen) atoms. The second-order valence-corrected chi connectivity index (χ2v) is 7.60. The van der Waals surface area contributed by atoms with Gasteiger partial charge in [0.15, 0.2) is 9.84 Å². The SMILES string of the molecule is CC1(C)CCC(CS(=O)(=O)c2c(F)cc(N)cc2F)O1. The topological polar surface area (TPSA) is 69.4 Å². The smallest absolute Gasteiger partial charge is 0.186 e. The molecule has 0 amide bonds. The molecule has 112 valence electrons. The molecule has 1 fully saturated rings. The van der Waals surface area contributed by atoms with Gasteiger partial charge in [0.1, 0.15) is 16.5 Å². The van der Waals surface area contributed by atoms with Gasteiger partial charge in [-0.2, -0.15) is 0 Å². The van der Waals surface area contributed by atoms with Gasteiger partial charge in [-0.1, -0.05) is 0 Å². The Morgan fingerprint density at radius 3 is 2.35 bits per heavy atom. The molecule has 0 radical (unpaired) electrons. The zero-order valence-corrected chi connectivity index (χ0v) is 12.1. The average Bonchev–Trinajstić information content (AvgIpc) is 2.54. The van der Waals surface area contributed by atoms with E-state index in [1.165, 1.54) is 0 Å². The van der Waals surface area contributed by atoms with E-state index in [2.05, 4.69) is 0 Å². The number of sulfone groups is 1. The summed E-state index contributed by atoms with van der Waals surface area (Å²) in [5, 5.41) is 0. The summed E-state index contributed by atoms with van der Waals surface area (Å²) >= 11 is 0. The van der Waals surface area contributed by atoms with Gasteiger partial charge in [-0.25, -0.2) is 17.2 Å². The molecule has 0 bridgehead atoms. The zero-order chi connectivity index (χ0) is 15.1. The number of halogens is 2. The van der Waals surface area contributed by atoms with E-state index in [1.54, 1.807) is 0 Å². The maximum Gasteiger partial charge on any atom is 0.186 e. The molecule has 2 rings (SSSR count). The molecular formula is C13H17F2NO3S. The third-order valence-electron chi connectivity index (χ3n) is 3.29. The Kier molecular flexibility index (Phi) is 3.77. The Morgan fingerprint density at radius 2 is 1.90 bits per heavy atom. The molecule has 1 aromatic carbocycles. The average molecular weight is 305 g/mol. The first-order valence-electron chi connectivity index (χ1n) is 6.26. The van der Waals surface area contributed by atoms with E-state index >= 15 is 0 Å². The van der Waals surface area contributed by atoms with Gasteiger partial charge in [-0.15, -0.1) is 0 Å². The van der Waals surface area contributed by atoms with Gasteiger partial charge < -0.3 is 10.5 Å². The highest BCUT2D eigenvalue weighted by molar-refractivity contribution is 7.91. The number of rotatable bonds is 3. The molecule has 2 N–H and O–H groups in total. The molecule has 4 nitrogen and oxygen atoms in total. The second kappa shape index (κ2) is 4.96. The first kappa shape index (κ1) is 15.2. The van der Waals surface area contributed by atoms with Gasteiger partial charge in [0.25, 0.3) is 0 Å². The van der Waals surface area contributed by atoms with E-state index in [1.807, 2.05) is 13.8 Å². The second-order valence-electron chi connectivity index (χ2n) is 5.63. The largest absolute Gasteiger partial charge is 0.399 e. The Morgan fingerprint density at radius 1 is 1.35 bits per heavy atom. The van der Waals surface area contributed by atoms with Crippen molar-refractivity contribution in [2.75, 3.05) is 11.5 Å². The lowest BCUT2D eigenvalue weighted by molar-refractivity contribution is -0.00529. The van der Waals surface area contributed by atoms with E-state index in [9.17, 15) is 17.2 Å². The number of nitrogen functional groups attached to an aromatic ring is 1. The molecule has 1 atom stereocenters. The van der Waals surface area contributed by atoms with E-state index < -0.39 is 43.8 Å². The van der Waals surface area contributed by atoms with Gasteiger partial charge in [0.2, 0.25) is 0 Å². The maximum atomic E-state index is 13.7. The van der Waals surface area contributed by atoms with Crippen LogP contribution in [-0.4, -0.2) is 25.9 Å². The monoisotopic (exact) mass is 305 g/mol. The van der Waals surface area contributed by atoms with E-state index in [0.29, 0.717) is 12.8 Å².